The topological polar surface area (TPSA) is 75.7 Å². The summed E-state index contributed by atoms with van der Waals surface area (Å²) in [4.78, 5) is 0. The molecule has 0 radical (unpaired) electrons. The molecule has 0 unspecified atom stereocenters. The monoisotopic (exact) mass is 203 g/mol. The van der Waals surface area contributed by atoms with Crippen molar-refractivity contribution in [2.45, 2.75) is 51.6 Å². The van der Waals surface area contributed by atoms with E-state index in [4.69, 9.17) is 10.5 Å². The lowest BCUT2D eigenvalue weighted by molar-refractivity contribution is -0.196. The second-order valence-corrected chi connectivity index (χ2v) is 5.07. The zero-order valence-electron chi connectivity index (χ0n) is 9.10. The van der Waals surface area contributed by atoms with E-state index >= 15 is 0 Å². The highest BCUT2D eigenvalue weighted by atomic mass is 16.5. The van der Waals surface area contributed by atoms with Crippen LogP contribution in [0.25, 0.3) is 0 Å². The van der Waals surface area contributed by atoms with Crippen LogP contribution in [0.2, 0.25) is 0 Å². The van der Waals surface area contributed by atoms with E-state index < -0.39 is 12.2 Å². The minimum atomic E-state index is -0.808. The summed E-state index contributed by atoms with van der Waals surface area (Å²) in [5, 5.41) is 19.4. The maximum Gasteiger partial charge on any atom is 0.107 e. The van der Waals surface area contributed by atoms with Crippen LogP contribution in [-0.4, -0.2) is 41.2 Å². The van der Waals surface area contributed by atoms with Crippen molar-refractivity contribution in [3.8, 4) is 0 Å². The van der Waals surface area contributed by atoms with E-state index in [9.17, 15) is 10.2 Å². The Morgan fingerprint density at radius 1 is 1.36 bits per heavy atom. The number of rotatable bonds is 1. The lowest BCUT2D eigenvalue weighted by Gasteiger charge is -2.43. The lowest BCUT2D eigenvalue weighted by Crippen LogP contribution is -2.54. The molecule has 0 bridgehead atoms. The summed E-state index contributed by atoms with van der Waals surface area (Å²) in [6.07, 6.45) is -1.60. The van der Waals surface area contributed by atoms with E-state index in [0.29, 0.717) is 13.0 Å². The molecule has 14 heavy (non-hydrogen) atoms. The van der Waals surface area contributed by atoms with E-state index in [2.05, 4.69) is 0 Å². The first-order chi connectivity index (χ1) is 6.36. The summed E-state index contributed by atoms with van der Waals surface area (Å²) in [6, 6.07) is 0. The highest BCUT2D eigenvalue weighted by Crippen LogP contribution is 2.32. The van der Waals surface area contributed by atoms with Gasteiger partial charge in [-0.3, -0.25) is 0 Å². The van der Waals surface area contributed by atoms with Crippen LogP contribution < -0.4 is 5.73 Å². The van der Waals surface area contributed by atoms with E-state index in [0.717, 1.165) is 0 Å². The Kier molecular flexibility index (Phi) is 3.53. The number of nitrogens with two attached hydrogens (primary N) is 1. The highest BCUT2D eigenvalue weighted by molar-refractivity contribution is 4.91. The summed E-state index contributed by atoms with van der Waals surface area (Å²) < 4.78 is 5.65. The van der Waals surface area contributed by atoms with E-state index in [1.54, 1.807) is 0 Å². The summed E-state index contributed by atoms with van der Waals surface area (Å²) in [5.74, 6) is 0. The zero-order valence-corrected chi connectivity index (χ0v) is 9.10. The predicted octanol–water partition coefficient (Wildman–Crippen LogP) is -0.130. The van der Waals surface area contributed by atoms with Gasteiger partial charge in [0.05, 0.1) is 18.3 Å². The molecule has 4 N–H and O–H groups in total. The second-order valence-electron chi connectivity index (χ2n) is 5.07. The van der Waals surface area contributed by atoms with Gasteiger partial charge in [-0.05, 0) is 5.41 Å². The molecule has 1 fully saturated rings. The first-order valence-electron chi connectivity index (χ1n) is 5.08. The standard InChI is InChI=1S/C10H21NO3/c1-10(2,3)9-8(13)7(12)4-6(5-11)14-9/h6-9,12-13H,4-5,11H2,1-3H3/t6-,7-,8+,9+/m0/s1. The Hall–Kier alpha value is -0.160. The number of hydrogen-bond acceptors (Lipinski definition) is 4. The van der Waals surface area contributed by atoms with Crippen molar-refractivity contribution < 1.29 is 14.9 Å². The molecule has 1 saturated heterocycles. The number of hydrogen-bond donors (Lipinski definition) is 3. The normalized spacial score (nSPS) is 39.9. The lowest BCUT2D eigenvalue weighted by atomic mass is 9.81. The molecule has 0 amide bonds. The van der Waals surface area contributed by atoms with Crippen LogP contribution in [0.4, 0.5) is 0 Å². The van der Waals surface area contributed by atoms with Crippen molar-refractivity contribution in [3.05, 3.63) is 0 Å². The second kappa shape index (κ2) is 4.14. The number of ether oxygens (including phenoxy) is 1. The van der Waals surface area contributed by atoms with E-state index in [-0.39, 0.29) is 17.6 Å². The van der Waals surface area contributed by atoms with Gasteiger partial charge in [0.15, 0.2) is 0 Å². The Balaban J connectivity index is 2.73. The molecular weight excluding hydrogens is 182 g/mol. The molecule has 1 heterocycles. The van der Waals surface area contributed by atoms with Gasteiger partial charge in [-0.1, -0.05) is 20.8 Å². The molecule has 1 aliphatic rings. The Labute approximate surface area is 85.1 Å². The Morgan fingerprint density at radius 2 is 1.93 bits per heavy atom. The number of aliphatic hydroxyl groups excluding tert-OH is 2. The molecule has 0 aromatic rings. The third-order valence-electron chi connectivity index (χ3n) is 2.66. The Bertz CT molecular complexity index is 190. The summed E-state index contributed by atoms with van der Waals surface area (Å²) in [6.45, 7) is 6.32. The summed E-state index contributed by atoms with van der Waals surface area (Å²) >= 11 is 0. The molecule has 1 aliphatic heterocycles. The van der Waals surface area contributed by atoms with Crippen LogP contribution >= 0.6 is 0 Å². The molecule has 0 saturated carbocycles. The van der Waals surface area contributed by atoms with Crippen LogP contribution in [0.1, 0.15) is 27.2 Å². The van der Waals surface area contributed by atoms with Crippen molar-refractivity contribution in [2.75, 3.05) is 6.54 Å². The molecule has 4 heteroatoms. The average Bonchev–Trinajstić information content (AvgIpc) is 2.07. The fourth-order valence-corrected chi connectivity index (χ4v) is 1.82. The third-order valence-corrected chi connectivity index (χ3v) is 2.66. The average molecular weight is 203 g/mol. The first-order valence-corrected chi connectivity index (χ1v) is 5.08. The quantitative estimate of drug-likeness (QED) is 0.555. The molecule has 4 nitrogen and oxygen atoms in total. The van der Waals surface area contributed by atoms with Gasteiger partial charge in [0.2, 0.25) is 0 Å². The van der Waals surface area contributed by atoms with Gasteiger partial charge in [0, 0.05) is 13.0 Å². The van der Waals surface area contributed by atoms with Crippen molar-refractivity contribution in [2.24, 2.45) is 11.1 Å². The van der Waals surface area contributed by atoms with Crippen LogP contribution in [0.5, 0.6) is 0 Å². The highest BCUT2D eigenvalue weighted by Gasteiger charge is 2.42. The van der Waals surface area contributed by atoms with E-state index in [1.165, 1.54) is 0 Å². The van der Waals surface area contributed by atoms with Crippen molar-refractivity contribution in [1.29, 1.82) is 0 Å². The zero-order chi connectivity index (χ0) is 10.9. The predicted molar refractivity (Wildman–Crippen MR) is 53.8 cm³/mol. The fraction of sp³-hybridized carbons (Fsp3) is 1.00. The van der Waals surface area contributed by atoms with Gasteiger partial charge >= 0.3 is 0 Å². The Morgan fingerprint density at radius 3 is 2.36 bits per heavy atom. The third kappa shape index (κ3) is 2.45. The van der Waals surface area contributed by atoms with E-state index in [1.807, 2.05) is 20.8 Å². The van der Waals surface area contributed by atoms with Crippen molar-refractivity contribution >= 4 is 0 Å². The number of aliphatic hydroxyl groups is 2. The molecule has 0 spiro atoms. The molecule has 84 valence electrons. The van der Waals surface area contributed by atoms with Crippen molar-refractivity contribution in [1.82, 2.24) is 0 Å². The van der Waals surface area contributed by atoms with Gasteiger partial charge in [0.1, 0.15) is 6.10 Å². The molecule has 4 atom stereocenters. The summed E-state index contributed by atoms with van der Waals surface area (Å²) in [7, 11) is 0. The minimum absolute atomic E-state index is 0.141. The fourth-order valence-electron chi connectivity index (χ4n) is 1.82. The van der Waals surface area contributed by atoms with Gasteiger partial charge in [-0.15, -0.1) is 0 Å². The molecular formula is C10H21NO3. The van der Waals surface area contributed by atoms with Crippen LogP contribution in [0.3, 0.4) is 0 Å². The van der Waals surface area contributed by atoms with Crippen LogP contribution in [0, 0.1) is 5.41 Å². The smallest absolute Gasteiger partial charge is 0.107 e. The minimum Gasteiger partial charge on any atom is -0.390 e. The van der Waals surface area contributed by atoms with Gasteiger partial charge < -0.3 is 20.7 Å². The van der Waals surface area contributed by atoms with Gasteiger partial charge in [-0.2, -0.15) is 0 Å². The first kappa shape index (κ1) is 11.9. The van der Waals surface area contributed by atoms with Crippen molar-refractivity contribution in [3.63, 3.8) is 0 Å². The molecule has 1 rings (SSSR count). The largest absolute Gasteiger partial charge is 0.390 e. The van der Waals surface area contributed by atoms with Crippen LogP contribution in [0.15, 0.2) is 0 Å². The molecule has 0 aromatic carbocycles. The SMILES string of the molecule is CC(C)(C)[C@@H]1O[C@H](CN)C[C@H](O)[C@H]1O. The summed E-state index contributed by atoms with van der Waals surface area (Å²) in [5.41, 5.74) is 5.31. The molecule has 0 aromatic heterocycles. The molecule has 0 aliphatic carbocycles. The maximum absolute atomic E-state index is 9.77. The van der Waals surface area contributed by atoms with Gasteiger partial charge in [-0.25, -0.2) is 0 Å². The van der Waals surface area contributed by atoms with Gasteiger partial charge in [0.25, 0.3) is 0 Å². The van der Waals surface area contributed by atoms with Crippen LogP contribution in [-0.2, 0) is 4.74 Å². The maximum atomic E-state index is 9.77.